The second-order valence-electron chi connectivity index (χ2n) is 7.99. The second kappa shape index (κ2) is 11.1. The number of hydrogen-bond acceptors (Lipinski definition) is 4. The van der Waals surface area contributed by atoms with Gasteiger partial charge in [-0.15, -0.1) is 0 Å². The van der Waals surface area contributed by atoms with Crippen LogP contribution in [0.5, 0.6) is 11.5 Å². The maximum atomic E-state index is 12.3. The molecule has 3 rings (SSSR count). The molecule has 1 amide bonds. The molecule has 0 unspecified atom stereocenters. The fraction of sp³-hybridized carbons (Fsp3) is 0.259. The summed E-state index contributed by atoms with van der Waals surface area (Å²) in [5, 5.41) is 2.84. The van der Waals surface area contributed by atoms with E-state index in [9.17, 15) is 9.59 Å². The van der Waals surface area contributed by atoms with E-state index in [0.29, 0.717) is 30.3 Å². The van der Waals surface area contributed by atoms with Crippen LogP contribution >= 0.6 is 0 Å². The lowest BCUT2D eigenvalue weighted by atomic mass is 10.0. The lowest BCUT2D eigenvalue weighted by Gasteiger charge is -2.09. The zero-order valence-corrected chi connectivity index (χ0v) is 18.8. The number of esters is 1. The van der Waals surface area contributed by atoms with Crippen LogP contribution in [0.25, 0.3) is 0 Å². The van der Waals surface area contributed by atoms with Gasteiger partial charge in [0.15, 0.2) is 0 Å². The normalized spacial score (nSPS) is 10.6. The Bertz CT molecular complexity index is 1020. The van der Waals surface area contributed by atoms with Gasteiger partial charge in [0.25, 0.3) is 5.91 Å². The zero-order valence-electron chi connectivity index (χ0n) is 18.8. The maximum Gasteiger partial charge on any atom is 0.311 e. The summed E-state index contributed by atoms with van der Waals surface area (Å²) in [6.45, 7) is 6.72. The zero-order chi connectivity index (χ0) is 22.9. The Morgan fingerprint density at radius 3 is 2.09 bits per heavy atom. The number of benzene rings is 3. The van der Waals surface area contributed by atoms with Crippen molar-refractivity contribution < 1.29 is 19.1 Å². The summed E-state index contributed by atoms with van der Waals surface area (Å²) in [6, 6.07) is 22.1. The lowest BCUT2D eigenvalue weighted by Crippen LogP contribution is -2.12. The fourth-order valence-electron chi connectivity index (χ4n) is 3.05. The number of amides is 1. The predicted molar refractivity (Wildman–Crippen MR) is 126 cm³/mol. The van der Waals surface area contributed by atoms with Gasteiger partial charge in [0.2, 0.25) is 0 Å². The molecule has 0 aliphatic heterocycles. The third kappa shape index (κ3) is 6.98. The van der Waals surface area contributed by atoms with Crippen molar-refractivity contribution in [1.29, 1.82) is 0 Å². The molecule has 32 heavy (non-hydrogen) atoms. The van der Waals surface area contributed by atoms with Crippen LogP contribution in [0.1, 0.15) is 54.1 Å². The summed E-state index contributed by atoms with van der Waals surface area (Å²) < 4.78 is 11.0. The van der Waals surface area contributed by atoms with Crippen LogP contribution in [-0.2, 0) is 4.79 Å². The fourth-order valence-corrected chi connectivity index (χ4v) is 3.05. The molecule has 0 spiro atoms. The van der Waals surface area contributed by atoms with E-state index in [2.05, 4.69) is 31.3 Å². The van der Waals surface area contributed by atoms with Crippen molar-refractivity contribution in [2.75, 3.05) is 11.9 Å². The van der Waals surface area contributed by atoms with Gasteiger partial charge in [-0.25, -0.2) is 0 Å². The summed E-state index contributed by atoms with van der Waals surface area (Å²) in [6.07, 6.45) is 0.807. The van der Waals surface area contributed by atoms with Gasteiger partial charge in [-0.2, -0.15) is 0 Å². The summed E-state index contributed by atoms with van der Waals surface area (Å²) in [7, 11) is 0. The van der Waals surface area contributed by atoms with Crippen molar-refractivity contribution in [3.8, 4) is 11.5 Å². The van der Waals surface area contributed by atoms with Crippen LogP contribution in [0.4, 0.5) is 5.69 Å². The first-order valence-corrected chi connectivity index (χ1v) is 10.8. The molecule has 3 aromatic carbocycles. The van der Waals surface area contributed by atoms with Gasteiger partial charge in [-0.3, -0.25) is 9.59 Å². The molecule has 3 aromatic rings. The Kier molecular flexibility index (Phi) is 8.03. The van der Waals surface area contributed by atoms with Gasteiger partial charge < -0.3 is 14.8 Å². The Balaban J connectivity index is 1.40. The smallest absolute Gasteiger partial charge is 0.311 e. The average Bonchev–Trinajstić information content (AvgIpc) is 2.79. The highest BCUT2D eigenvalue weighted by atomic mass is 16.5. The molecule has 5 nitrogen and oxygen atoms in total. The number of hydrogen-bond donors (Lipinski definition) is 1. The molecule has 1 N–H and O–H groups in total. The van der Waals surface area contributed by atoms with Crippen LogP contribution in [-0.4, -0.2) is 18.5 Å². The van der Waals surface area contributed by atoms with Crippen molar-refractivity contribution in [3.63, 3.8) is 0 Å². The van der Waals surface area contributed by atoms with Crippen molar-refractivity contribution in [2.45, 2.75) is 39.5 Å². The SMILES string of the molecule is Cc1ccc(NC(=O)c2ccc(OC(=O)CCCOc3ccc(C(C)C)cc3)cc2)cc1. The summed E-state index contributed by atoms with van der Waals surface area (Å²) in [4.78, 5) is 24.4. The topological polar surface area (TPSA) is 64.6 Å². The summed E-state index contributed by atoms with van der Waals surface area (Å²) in [5.74, 6) is 1.13. The molecule has 0 heterocycles. The van der Waals surface area contributed by atoms with Crippen molar-refractivity contribution in [2.24, 2.45) is 0 Å². The minimum absolute atomic E-state index is 0.217. The van der Waals surface area contributed by atoms with Crippen LogP contribution < -0.4 is 14.8 Å². The quantitative estimate of drug-likeness (QED) is 0.251. The van der Waals surface area contributed by atoms with Crippen LogP contribution in [0.15, 0.2) is 72.8 Å². The number of anilines is 1. The van der Waals surface area contributed by atoms with E-state index >= 15 is 0 Å². The molecular formula is C27H29NO4. The lowest BCUT2D eigenvalue weighted by molar-refractivity contribution is -0.134. The second-order valence-corrected chi connectivity index (χ2v) is 7.99. The molecule has 0 saturated heterocycles. The molecule has 0 saturated carbocycles. The standard InChI is InChI=1S/C27H29NO4/c1-19(2)21-8-14-24(15-9-21)31-18-4-5-26(29)32-25-16-10-22(11-17-25)27(30)28-23-12-6-20(3)7-13-23/h6-17,19H,4-5,18H2,1-3H3,(H,28,30). The first-order valence-electron chi connectivity index (χ1n) is 10.8. The van der Waals surface area contributed by atoms with Gasteiger partial charge in [0.1, 0.15) is 11.5 Å². The minimum atomic E-state index is -0.333. The largest absolute Gasteiger partial charge is 0.494 e. The van der Waals surface area contributed by atoms with Gasteiger partial charge >= 0.3 is 5.97 Å². The molecule has 0 fully saturated rings. The molecule has 0 atom stereocenters. The van der Waals surface area contributed by atoms with Gasteiger partial charge in [0, 0.05) is 17.7 Å². The number of nitrogens with one attached hydrogen (secondary N) is 1. The van der Waals surface area contributed by atoms with E-state index < -0.39 is 0 Å². The van der Waals surface area contributed by atoms with E-state index in [1.807, 2.05) is 43.3 Å². The van der Waals surface area contributed by atoms with Crippen LogP contribution in [0.2, 0.25) is 0 Å². The highest BCUT2D eigenvalue weighted by Crippen LogP contribution is 2.19. The minimum Gasteiger partial charge on any atom is -0.494 e. The van der Waals surface area contributed by atoms with E-state index in [0.717, 1.165) is 17.0 Å². The molecule has 0 aliphatic rings. The Morgan fingerprint density at radius 1 is 0.844 bits per heavy atom. The molecule has 0 aromatic heterocycles. The van der Waals surface area contributed by atoms with Gasteiger partial charge in [-0.1, -0.05) is 43.7 Å². The number of rotatable bonds is 9. The van der Waals surface area contributed by atoms with E-state index in [4.69, 9.17) is 9.47 Å². The first kappa shape index (κ1) is 23.1. The molecule has 166 valence electrons. The van der Waals surface area contributed by atoms with Crippen molar-refractivity contribution >= 4 is 17.6 Å². The molecule has 0 radical (unpaired) electrons. The molecular weight excluding hydrogens is 402 g/mol. The highest BCUT2D eigenvalue weighted by Gasteiger charge is 2.09. The summed E-state index contributed by atoms with van der Waals surface area (Å²) >= 11 is 0. The van der Waals surface area contributed by atoms with Crippen LogP contribution in [0, 0.1) is 6.92 Å². The number of carbonyl (C=O) groups is 2. The van der Waals surface area contributed by atoms with Crippen LogP contribution in [0.3, 0.4) is 0 Å². The number of ether oxygens (including phenoxy) is 2. The molecule has 5 heteroatoms. The third-order valence-electron chi connectivity index (χ3n) is 5.00. The number of carbonyl (C=O) groups excluding carboxylic acids is 2. The predicted octanol–water partition coefficient (Wildman–Crippen LogP) is 6.14. The summed E-state index contributed by atoms with van der Waals surface area (Å²) in [5.41, 5.74) is 3.61. The average molecular weight is 432 g/mol. The Hall–Kier alpha value is -3.60. The van der Waals surface area contributed by atoms with E-state index in [-0.39, 0.29) is 18.3 Å². The number of aryl methyl sites for hydroxylation is 1. The molecule has 0 aliphatic carbocycles. The van der Waals surface area contributed by atoms with Crippen molar-refractivity contribution in [1.82, 2.24) is 0 Å². The highest BCUT2D eigenvalue weighted by molar-refractivity contribution is 6.04. The van der Waals surface area contributed by atoms with Gasteiger partial charge in [0.05, 0.1) is 6.61 Å². The van der Waals surface area contributed by atoms with Crippen molar-refractivity contribution in [3.05, 3.63) is 89.5 Å². The molecule has 0 bridgehead atoms. The first-order chi connectivity index (χ1) is 15.4. The third-order valence-corrected chi connectivity index (χ3v) is 5.00. The van der Waals surface area contributed by atoms with E-state index in [1.54, 1.807) is 24.3 Å². The van der Waals surface area contributed by atoms with E-state index in [1.165, 1.54) is 5.56 Å². The monoisotopic (exact) mass is 431 g/mol. The Labute approximate surface area is 189 Å². The van der Waals surface area contributed by atoms with Gasteiger partial charge in [-0.05, 0) is 73.4 Å². The Morgan fingerprint density at radius 2 is 1.47 bits per heavy atom. The maximum absolute atomic E-state index is 12.3.